The van der Waals surface area contributed by atoms with Crippen LogP contribution in [-0.2, 0) is 19.6 Å². The molecule has 0 saturated heterocycles. The van der Waals surface area contributed by atoms with Crippen LogP contribution in [0.25, 0.3) is 0 Å². The number of aromatic nitrogens is 2. The lowest BCUT2D eigenvalue weighted by molar-refractivity contribution is -0.133. The van der Waals surface area contributed by atoms with E-state index in [1.54, 1.807) is 66.7 Å². The summed E-state index contributed by atoms with van der Waals surface area (Å²) in [4.78, 5) is 35.6. The van der Waals surface area contributed by atoms with E-state index in [-0.39, 0.29) is 17.7 Å². The number of sulfonamides is 1. The van der Waals surface area contributed by atoms with E-state index in [1.165, 1.54) is 11.1 Å². The third-order valence-electron chi connectivity index (χ3n) is 6.22. The van der Waals surface area contributed by atoms with Gasteiger partial charge < -0.3 is 15.8 Å². The number of ether oxygens (including phenoxy) is 1. The van der Waals surface area contributed by atoms with Crippen LogP contribution in [-0.4, -0.2) is 36.5 Å². The Hall–Kier alpha value is -4.97. The van der Waals surface area contributed by atoms with Crippen LogP contribution in [0.3, 0.4) is 0 Å². The standard InChI is InChI=1S/C28H26N6O5S/c1-40(37,38)33-20-7-5-6-19(18-20)31-27-30-17-14-24(32-27)39-23-12-10-22(11-13-23)34(21-8-3-2-4-9-21)26(36)28(15-16-28)25(29)35/h2-14,17-18,33H,15-16H2,1H3,(H2,29,35)(H,30,31,32). The van der Waals surface area contributed by atoms with Gasteiger partial charge in [-0.15, -0.1) is 0 Å². The summed E-state index contributed by atoms with van der Waals surface area (Å²) in [6, 6.07) is 24.1. The number of nitrogens with zero attached hydrogens (tertiary/aromatic N) is 3. The monoisotopic (exact) mass is 558 g/mol. The summed E-state index contributed by atoms with van der Waals surface area (Å²) in [6.07, 6.45) is 3.44. The van der Waals surface area contributed by atoms with Gasteiger partial charge in [0.25, 0.3) is 0 Å². The van der Waals surface area contributed by atoms with Gasteiger partial charge in [0.1, 0.15) is 11.2 Å². The molecule has 1 aromatic heterocycles. The van der Waals surface area contributed by atoms with E-state index in [1.807, 2.05) is 18.2 Å². The molecule has 0 spiro atoms. The van der Waals surface area contributed by atoms with Gasteiger partial charge in [-0.25, -0.2) is 13.4 Å². The molecule has 0 atom stereocenters. The average Bonchev–Trinajstić information content (AvgIpc) is 3.73. The van der Waals surface area contributed by atoms with Crippen molar-refractivity contribution >= 4 is 50.5 Å². The molecular formula is C28H26N6O5S. The van der Waals surface area contributed by atoms with Crippen molar-refractivity contribution in [3.8, 4) is 11.6 Å². The molecule has 1 fully saturated rings. The van der Waals surface area contributed by atoms with Crippen LogP contribution in [0.15, 0.2) is 91.1 Å². The Morgan fingerprint density at radius 2 is 1.60 bits per heavy atom. The summed E-state index contributed by atoms with van der Waals surface area (Å²) in [7, 11) is -3.42. The Bertz CT molecular complexity index is 1660. The van der Waals surface area contributed by atoms with Crippen LogP contribution in [0.4, 0.5) is 28.7 Å². The minimum Gasteiger partial charge on any atom is -0.439 e. The van der Waals surface area contributed by atoms with Crippen molar-refractivity contribution in [2.24, 2.45) is 11.1 Å². The highest BCUT2D eigenvalue weighted by Crippen LogP contribution is 2.49. The molecular weight excluding hydrogens is 532 g/mol. The number of primary amides is 1. The number of anilines is 5. The second-order valence-electron chi connectivity index (χ2n) is 9.32. The molecule has 5 rings (SSSR count). The van der Waals surface area contributed by atoms with Crippen molar-refractivity contribution in [3.05, 3.63) is 91.1 Å². The normalized spacial score (nSPS) is 13.6. The van der Waals surface area contributed by atoms with E-state index < -0.39 is 21.3 Å². The third-order valence-corrected chi connectivity index (χ3v) is 6.82. The van der Waals surface area contributed by atoms with E-state index in [0.717, 1.165) is 6.26 Å². The van der Waals surface area contributed by atoms with E-state index in [4.69, 9.17) is 10.5 Å². The van der Waals surface area contributed by atoms with Crippen LogP contribution in [0.5, 0.6) is 11.6 Å². The molecule has 11 nitrogen and oxygen atoms in total. The first kappa shape index (κ1) is 26.6. The zero-order valence-electron chi connectivity index (χ0n) is 21.4. The van der Waals surface area contributed by atoms with Gasteiger partial charge in [-0.2, -0.15) is 4.98 Å². The Morgan fingerprint density at radius 1 is 0.925 bits per heavy atom. The second-order valence-corrected chi connectivity index (χ2v) is 11.1. The van der Waals surface area contributed by atoms with Gasteiger partial charge in [-0.1, -0.05) is 24.3 Å². The predicted molar refractivity (Wildman–Crippen MR) is 151 cm³/mol. The fourth-order valence-electron chi connectivity index (χ4n) is 4.11. The van der Waals surface area contributed by atoms with Crippen LogP contribution < -0.4 is 25.4 Å². The molecule has 1 heterocycles. The maximum absolute atomic E-state index is 13.5. The number of para-hydroxylation sites is 1. The maximum Gasteiger partial charge on any atom is 0.247 e. The molecule has 40 heavy (non-hydrogen) atoms. The highest BCUT2D eigenvalue weighted by atomic mass is 32.2. The molecule has 0 unspecified atom stereocenters. The zero-order chi connectivity index (χ0) is 28.3. The number of carbonyl (C=O) groups is 2. The first-order valence-corrected chi connectivity index (χ1v) is 14.2. The number of nitrogens with one attached hydrogen (secondary N) is 2. The molecule has 4 N–H and O–H groups in total. The summed E-state index contributed by atoms with van der Waals surface area (Å²) < 4.78 is 31.4. The fourth-order valence-corrected chi connectivity index (χ4v) is 4.67. The molecule has 0 radical (unpaired) electrons. The molecule has 4 aromatic rings. The Labute approximate surface area is 231 Å². The van der Waals surface area contributed by atoms with E-state index in [9.17, 15) is 18.0 Å². The van der Waals surface area contributed by atoms with Crippen LogP contribution in [0, 0.1) is 5.41 Å². The lowest BCUT2D eigenvalue weighted by atomic mass is 10.0. The molecule has 12 heteroatoms. The Morgan fingerprint density at radius 3 is 2.25 bits per heavy atom. The maximum atomic E-state index is 13.5. The summed E-state index contributed by atoms with van der Waals surface area (Å²) in [5.74, 6) is -0.0126. The fraction of sp³-hybridized carbons (Fsp3) is 0.143. The molecule has 2 amide bonds. The Balaban J connectivity index is 1.33. The van der Waals surface area contributed by atoms with Crippen LogP contribution in [0.2, 0.25) is 0 Å². The summed E-state index contributed by atoms with van der Waals surface area (Å²) >= 11 is 0. The number of nitrogens with two attached hydrogens (primary N) is 1. The summed E-state index contributed by atoms with van der Waals surface area (Å²) in [5.41, 5.74) is 6.54. The smallest absolute Gasteiger partial charge is 0.247 e. The molecule has 1 aliphatic rings. The van der Waals surface area contributed by atoms with E-state index in [2.05, 4.69) is 20.0 Å². The summed E-state index contributed by atoms with van der Waals surface area (Å²) in [6.45, 7) is 0. The van der Waals surface area contributed by atoms with Crippen molar-refractivity contribution in [2.75, 3.05) is 21.2 Å². The topological polar surface area (TPSA) is 157 Å². The molecule has 1 saturated carbocycles. The quantitative estimate of drug-likeness (QED) is 0.243. The van der Waals surface area contributed by atoms with Crippen molar-refractivity contribution < 1.29 is 22.7 Å². The second kappa shape index (κ2) is 10.7. The number of carbonyl (C=O) groups excluding carboxylic acids is 2. The highest BCUT2D eigenvalue weighted by Gasteiger charge is 2.57. The largest absolute Gasteiger partial charge is 0.439 e. The van der Waals surface area contributed by atoms with Gasteiger partial charge in [0.2, 0.25) is 33.7 Å². The van der Waals surface area contributed by atoms with Crippen molar-refractivity contribution in [2.45, 2.75) is 12.8 Å². The SMILES string of the molecule is CS(=O)(=O)Nc1cccc(Nc2nccc(Oc3ccc(N(C(=O)C4(C(N)=O)CC4)c4ccccc4)cc3)n2)c1. The lowest BCUT2D eigenvalue weighted by Gasteiger charge is -2.26. The molecule has 3 aromatic carbocycles. The number of rotatable bonds is 10. The Kier molecular flexibility index (Phi) is 7.09. The van der Waals surface area contributed by atoms with Crippen molar-refractivity contribution in [3.63, 3.8) is 0 Å². The summed E-state index contributed by atoms with van der Waals surface area (Å²) in [5, 5.41) is 3.02. The van der Waals surface area contributed by atoms with Gasteiger partial charge >= 0.3 is 0 Å². The minimum absolute atomic E-state index is 0.243. The molecule has 204 valence electrons. The minimum atomic E-state index is -3.42. The third kappa shape index (κ3) is 6.02. The van der Waals surface area contributed by atoms with Crippen molar-refractivity contribution in [1.82, 2.24) is 9.97 Å². The van der Waals surface area contributed by atoms with Gasteiger partial charge in [0.15, 0.2) is 0 Å². The van der Waals surface area contributed by atoms with Crippen molar-refractivity contribution in [1.29, 1.82) is 0 Å². The first-order chi connectivity index (χ1) is 19.1. The lowest BCUT2D eigenvalue weighted by Crippen LogP contribution is -2.41. The highest BCUT2D eigenvalue weighted by molar-refractivity contribution is 7.92. The first-order valence-electron chi connectivity index (χ1n) is 12.3. The van der Waals surface area contributed by atoms with E-state index in [0.29, 0.717) is 41.3 Å². The molecule has 1 aliphatic carbocycles. The van der Waals surface area contributed by atoms with Gasteiger partial charge in [0.05, 0.1) is 11.9 Å². The number of hydrogen-bond acceptors (Lipinski definition) is 8. The molecule has 0 bridgehead atoms. The average molecular weight is 559 g/mol. The molecule has 0 aliphatic heterocycles. The van der Waals surface area contributed by atoms with Gasteiger partial charge in [-0.3, -0.25) is 19.2 Å². The zero-order valence-corrected chi connectivity index (χ0v) is 22.3. The van der Waals surface area contributed by atoms with E-state index >= 15 is 0 Å². The number of benzene rings is 3. The van der Waals surface area contributed by atoms with Gasteiger partial charge in [0, 0.05) is 29.3 Å². The predicted octanol–water partition coefficient (Wildman–Crippen LogP) is 4.31. The van der Waals surface area contributed by atoms with Crippen LogP contribution >= 0.6 is 0 Å². The number of amides is 2. The van der Waals surface area contributed by atoms with Gasteiger partial charge in [-0.05, 0) is 67.4 Å². The van der Waals surface area contributed by atoms with Crippen LogP contribution in [0.1, 0.15) is 12.8 Å². The number of hydrogen-bond donors (Lipinski definition) is 3.